The van der Waals surface area contributed by atoms with Crippen LogP contribution in [0.1, 0.15) is 28.4 Å². The van der Waals surface area contributed by atoms with Gasteiger partial charge < -0.3 is 15.4 Å². The number of amides is 1. The first-order valence-electron chi connectivity index (χ1n) is 7.08. The summed E-state index contributed by atoms with van der Waals surface area (Å²) in [6, 6.07) is 15.9. The van der Waals surface area contributed by atoms with Gasteiger partial charge in [-0.05, 0) is 30.3 Å². The fourth-order valence-corrected chi connectivity index (χ4v) is 2.56. The van der Waals surface area contributed by atoms with Crippen LogP contribution in [-0.2, 0) is 0 Å². The minimum atomic E-state index is -0.0713. The Morgan fingerprint density at radius 3 is 2.67 bits per heavy atom. The van der Waals surface area contributed by atoms with Gasteiger partial charge >= 0.3 is 0 Å². The second kappa shape index (κ2) is 5.87. The lowest BCUT2D eigenvalue weighted by Gasteiger charge is -2.27. The standard InChI is InChI=1S/C17H18N2O2/c1-18-17(20)12-6-8-13(9-7-12)19-15-10-11-21-16-5-3-2-4-14(15)16/h2-9,15,19H,10-11H2,1H3,(H,18,20). The normalized spacial score (nSPS) is 16.5. The summed E-state index contributed by atoms with van der Waals surface area (Å²) in [6.07, 6.45) is 0.925. The van der Waals surface area contributed by atoms with Gasteiger partial charge in [-0.25, -0.2) is 0 Å². The summed E-state index contributed by atoms with van der Waals surface area (Å²) in [5, 5.41) is 6.13. The van der Waals surface area contributed by atoms with Crippen LogP contribution in [0.4, 0.5) is 5.69 Å². The number of rotatable bonds is 3. The van der Waals surface area contributed by atoms with Crippen LogP contribution in [-0.4, -0.2) is 19.6 Å². The molecule has 3 rings (SSSR count). The first-order valence-corrected chi connectivity index (χ1v) is 7.08. The molecule has 1 heterocycles. The van der Waals surface area contributed by atoms with E-state index in [2.05, 4.69) is 16.7 Å². The fourth-order valence-electron chi connectivity index (χ4n) is 2.56. The van der Waals surface area contributed by atoms with Crippen LogP contribution in [0.3, 0.4) is 0 Å². The highest BCUT2D eigenvalue weighted by Gasteiger charge is 2.20. The largest absolute Gasteiger partial charge is 0.493 e. The van der Waals surface area contributed by atoms with Crippen molar-refractivity contribution in [3.8, 4) is 5.75 Å². The van der Waals surface area contributed by atoms with Crippen molar-refractivity contribution in [2.45, 2.75) is 12.5 Å². The van der Waals surface area contributed by atoms with Crippen LogP contribution < -0.4 is 15.4 Å². The minimum absolute atomic E-state index is 0.0713. The molecule has 1 atom stereocenters. The Hall–Kier alpha value is -2.49. The monoisotopic (exact) mass is 282 g/mol. The minimum Gasteiger partial charge on any atom is -0.493 e. The highest BCUT2D eigenvalue weighted by molar-refractivity contribution is 5.94. The van der Waals surface area contributed by atoms with E-state index in [4.69, 9.17) is 4.74 Å². The highest BCUT2D eigenvalue weighted by Crippen LogP contribution is 2.33. The molecule has 2 aromatic rings. The average molecular weight is 282 g/mol. The van der Waals surface area contributed by atoms with Crippen molar-refractivity contribution in [2.75, 3.05) is 19.0 Å². The van der Waals surface area contributed by atoms with Crippen LogP contribution in [0.5, 0.6) is 5.75 Å². The number of benzene rings is 2. The van der Waals surface area contributed by atoms with Crippen LogP contribution in [0.25, 0.3) is 0 Å². The topological polar surface area (TPSA) is 50.4 Å². The van der Waals surface area contributed by atoms with E-state index in [9.17, 15) is 4.79 Å². The molecule has 21 heavy (non-hydrogen) atoms. The number of nitrogens with one attached hydrogen (secondary N) is 2. The number of carbonyl (C=O) groups is 1. The summed E-state index contributed by atoms with van der Waals surface area (Å²) in [4.78, 5) is 11.5. The Morgan fingerprint density at radius 1 is 1.14 bits per heavy atom. The van der Waals surface area contributed by atoms with Crippen molar-refractivity contribution in [3.05, 3.63) is 59.7 Å². The first-order chi connectivity index (χ1) is 10.3. The lowest BCUT2D eigenvalue weighted by molar-refractivity contribution is 0.0963. The molecular weight excluding hydrogens is 264 g/mol. The SMILES string of the molecule is CNC(=O)c1ccc(NC2CCOc3ccccc32)cc1. The molecule has 0 fully saturated rings. The number of anilines is 1. The van der Waals surface area contributed by atoms with Gasteiger partial charge in [0.05, 0.1) is 12.6 Å². The molecule has 108 valence electrons. The summed E-state index contributed by atoms with van der Waals surface area (Å²) in [7, 11) is 1.63. The van der Waals surface area contributed by atoms with Gasteiger partial charge in [0.2, 0.25) is 0 Å². The van der Waals surface area contributed by atoms with Crippen LogP contribution in [0.2, 0.25) is 0 Å². The zero-order valence-corrected chi connectivity index (χ0v) is 11.9. The number of carbonyl (C=O) groups excluding carboxylic acids is 1. The van der Waals surface area contributed by atoms with Crippen LogP contribution in [0.15, 0.2) is 48.5 Å². The quantitative estimate of drug-likeness (QED) is 0.910. The van der Waals surface area contributed by atoms with Crippen LogP contribution >= 0.6 is 0 Å². The predicted molar refractivity (Wildman–Crippen MR) is 82.7 cm³/mol. The number of fused-ring (bicyclic) bond motifs is 1. The molecule has 0 bridgehead atoms. The summed E-state index contributed by atoms with van der Waals surface area (Å²) < 4.78 is 5.66. The second-order valence-electron chi connectivity index (χ2n) is 5.03. The molecule has 0 saturated heterocycles. The van der Waals surface area contributed by atoms with Gasteiger partial charge in [-0.15, -0.1) is 0 Å². The van der Waals surface area contributed by atoms with Crippen molar-refractivity contribution >= 4 is 11.6 Å². The Balaban J connectivity index is 1.77. The summed E-state index contributed by atoms with van der Waals surface area (Å²) in [6.45, 7) is 0.713. The van der Waals surface area contributed by atoms with Gasteiger partial charge in [0, 0.05) is 30.3 Å². The van der Waals surface area contributed by atoms with E-state index >= 15 is 0 Å². The molecule has 2 aromatic carbocycles. The highest BCUT2D eigenvalue weighted by atomic mass is 16.5. The molecule has 1 aliphatic heterocycles. The molecule has 0 spiro atoms. The van der Waals surface area contributed by atoms with Gasteiger partial charge in [0.15, 0.2) is 0 Å². The van der Waals surface area contributed by atoms with Gasteiger partial charge in [-0.2, -0.15) is 0 Å². The molecule has 4 heteroatoms. The van der Waals surface area contributed by atoms with E-state index in [1.807, 2.05) is 42.5 Å². The van der Waals surface area contributed by atoms with E-state index < -0.39 is 0 Å². The number of para-hydroxylation sites is 1. The van der Waals surface area contributed by atoms with E-state index in [0.717, 1.165) is 17.9 Å². The van der Waals surface area contributed by atoms with E-state index in [-0.39, 0.29) is 11.9 Å². The van der Waals surface area contributed by atoms with E-state index in [1.54, 1.807) is 7.05 Å². The second-order valence-corrected chi connectivity index (χ2v) is 5.03. The summed E-state index contributed by atoms with van der Waals surface area (Å²) >= 11 is 0. The van der Waals surface area contributed by atoms with Crippen molar-refractivity contribution in [3.63, 3.8) is 0 Å². The third-order valence-electron chi connectivity index (χ3n) is 3.67. The van der Waals surface area contributed by atoms with E-state index in [0.29, 0.717) is 12.2 Å². The Labute approximate surface area is 124 Å². The van der Waals surface area contributed by atoms with Gasteiger partial charge in [-0.1, -0.05) is 18.2 Å². The Kier molecular flexibility index (Phi) is 3.77. The molecule has 1 aliphatic rings. The van der Waals surface area contributed by atoms with Crippen LogP contribution in [0, 0.1) is 0 Å². The van der Waals surface area contributed by atoms with Gasteiger partial charge in [0.25, 0.3) is 5.91 Å². The fraction of sp³-hybridized carbons (Fsp3) is 0.235. The maximum Gasteiger partial charge on any atom is 0.251 e. The summed E-state index contributed by atoms with van der Waals surface area (Å²) in [5.74, 6) is 0.876. The predicted octanol–water partition coefficient (Wildman–Crippen LogP) is 2.98. The van der Waals surface area contributed by atoms with E-state index in [1.165, 1.54) is 5.56 Å². The maximum absolute atomic E-state index is 11.5. The lowest BCUT2D eigenvalue weighted by Crippen LogP contribution is -2.20. The molecule has 0 saturated carbocycles. The Bertz CT molecular complexity index is 637. The first kappa shape index (κ1) is 13.5. The van der Waals surface area contributed by atoms with Gasteiger partial charge in [-0.3, -0.25) is 4.79 Å². The van der Waals surface area contributed by atoms with Crippen molar-refractivity contribution in [2.24, 2.45) is 0 Å². The molecule has 1 amide bonds. The molecule has 0 aromatic heterocycles. The number of hydrogen-bond acceptors (Lipinski definition) is 3. The number of ether oxygens (including phenoxy) is 1. The average Bonchev–Trinajstić information content (AvgIpc) is 2.55. The molecule has 4 nitrogen and oxygen atoms in total. The van der Waals surface area contributed by atoms with Crippen molar-refractivity contribution in [1.82, 2.24) is 5.32 Å². The Morgan fingerprint density at radius 2 is 1.90 bits per heavy atom. The lowest BCUT2D eigenvalue weighted by atomic mass is 10.00. The molecular formula is C17H18N2O2. The van der Waals surface area contributed by atoms with Crippen molar-refractivity contribution in [1.29, 1.82) is 0 Å². The molecule has 1 unspecified atom stereocenters. The molecule has 0 aliphatic carbocycles. The smallest absolute Gasteiger partial charge is 0.251 e. The molecule has 2 N–H and O–H groups in total. The zero-order valence-electron chi connectivity index (χ0n) is 11.9. The summed E-state index contributed by atoms with van der Waals surface area (Å²) in [5.41, 5.74) is 2.85. The molecule has 0 radical (unpaired) electrons. The zero-order chi connectivity index (χ0) is 14.7. The third kappa shape index (κ3) is 2.84. The third-order valence-corrected chi connectivity index (χ3v) is 3.67. The van der Waals surface area contributed by atoms with Gasteiger partial charge in [0.1, 0.15) is 5.75 Å². The van der Waals surface area contributed by atoms with Crippen molar-refractivity contribution < 1.29 is 9.53 Å². The maximum atomic E-state index is 11.5. The number of hydrogen-bond donors (Lipinski definition) is 2.